The second kappa shape index (κ2) is 10.5. The average molecular weight is 465 g/mol. The van der Waals surface area contributed by atoms with Gasteiger partial charge in [-0.1, -0.05) is 26.0 Å². The molecule has 0 unspecified atom stereocenters. The van der Waals surface area contributed by atoms with Crippen LogP contribution in [-0.4, -0.2) is 75.0 Å². The number of amides is 1. The summed E-state index contributed by atoms with van der Waals surface area (Å²) in [5.74, 6) is 1.38. The highest BCUT2D eigenvalue weighted by Crippen LogP contribution is 2.35. The molecule has 0 aromatic heterocycles. The third-order valence-electron chi connectivity index (χ3n) is 6.91. The third-order valence-corrected chi connectivity index (χ3v) is 6.91. The lowest BCUT2D eigenvalue weighted by atomic mass is 9.93. The molecule has 2 aromatic rings. The molecule has 0 radical (unpaired) electrons. The van der Waals surface area contributed by atoms with Crippen LogP contribution in [0.3, 0.4) is 0 Å². The number of fused-ring (bicyclic) bond motifs is 1. The number of ether oxygens (including phenoxy) is 2. The van der Waals surface area contributed by atoms with Crippen LogP contribution < -0.4 is 14.4 Å². The van der Waals surface area contributed by atoms with Crippen LogP contribution in [0.25, 0.3) is 0 Å². The highest BCUT2D eigenvalue weighted by atomic mass is 16.5. The van der Waals surface area contributed by atoms with Gasteiger partial charge < -0.3 is 19.3 Å². The minimum Gasteiger partial charge on any atom is -0.493 e. The zero-order valence-electron chi connectivity index (χ0n) is 21.0. The fourth-order valence-electron chi connectivity index (χ4n) is 4.74. The zero-order chi connectivity index (χ0) is 24.2. The van der Waals surface area contributed by atoms with Crippen molar-refractivity contribution in [3.8, 4) is 11.5 Å². The van der Waals surface area contributed by atoms with Gasteiger partial charge in [0.2, 0.25) is 5.91 Å². The number of hydrogen-bond acceptors (Lipinski definition) is 6. The number of methoxy groups -OCH3 is 2. The minimum atomic E-state index is -0.00795. The van der Waals surface area contributed by atoms with Crippen LogP contribution in [0.1, 0.15) is 43.4 Å². The summed E-state index contributed by atoms with van der Waals surface area (Å²) in [6.45, 7) is 8.17. The molecule has 1 fully saturated rings. The predicted octanol–water partition coefficient (Wildman–Crippen LogP) is 3.78. The maximum absolute atomic E-state index is 12.9. The van der Waals surface area contributed by atoms with E-state index in [1.807, 2.05) is 19.1 Å². The molecule has 1 amide bonds. The van der Waals surface area contributed by atoms with Crippen LogP contribution in [0.4, 0.5) is 5.69 Å². The van der Waals surface area contributed by atoms with Crippen LogP contribution in [0.5, 0.6) is 11.5 Å². The summed E-state index contributed by atoms with van der Waals surface area (Å²) in [5.41, 5.74) is 5.08. The fraction of sp³-hybridized carbons (Fsp3) is 0.481. The molecule has 2 aliphatic heterocycles. The smallest absolute Gasteiger partial charge is 0.242 e. The van der Waals surface area contributed by atoms with Crippen molar-refractivity contribution >= 4 is 17.3 Å². The van der Waals surface area contributed by atoms with Gasteiger partial charge in [0.1, 0.15) is 0 Å². The molecular formula is C27H36N4O3. The Balaban J connectivity index is 1.79. The highest BCUT2D eigenvalue weighted by molar-refractivity contribution is 6.14. The first-order valence-electron chi connectivity index (χ1n) is 12.2. The number of anilines is 1. The van der Waals surface area contributed by atoms with Gasteiger partial charge in [0.15, 0.2) is 11.5 Å². The Bertz CT molecular complexity index is 1040. The molecule has 2 heterocycles. The van der Waals surface area contributed by atoms with E-state index in [9.17, 15) is 4.79 Å². The molecule has 1 saturated heterocycles. The lowest BCUT2D eigenvalue weighted by Gasteiger charge is -2.34. The van der Waals surface area contributed by atoms with E-state index >= 15 is 0 Å². The first kappa shape index (κ1) is 24.1. The molecule has 7 nitrogen and oxygen atoms in total. The number of carbonyl (C=O) groups is 1. The van der Waals surface area contributed by atoms with Gasteiger partial charge in [-0.05, 0) is 49.7 Å². The second-order valence-electron chi connectivity index (χ2n) is 9.01. The summed E-state index contributed by atoms with van der Waals surface area (Å²) in [6, 6.07) is 12.6. The van der Waals surface area contributed by atoms with Crippen molar-refractivity contribution in [2.24, 2.45) is 5.10 Å². The van der Waals surface area contributed by atoms with E-state index in [2.05, 4.69) is 48.0 Å². The monoisotopic (exact) mass is 464 g/mol. The van der Waals surface area contributed by atoms with E-state index in [4.69, 9.17) is 14.6 Å². The first-order chi connectivity index (χ1) is 16.5. The van der Waals surface area contributed by atoms with Crippen molar-refractivity contribution < 1.29 is 14.3 Å². The molecule has 4 rings (SSSR count). The largest absolute Gasteiger partial charge is 0.493 e. The summed E-state index contributed by atoms with van der Waals surface area (Å²) >= 11 is 0. The molecule has 0 saturated carbocycles. The Morgan fingerprint density at radius 2 is 1.65 bits per heavy atom. The lowest BCUT2D eigenvalue weighted by Crippen LogP contribution is -2.44. The van der Waals surface area contributed by atoms with Crippen molar-refractivity contribution in [3.63, 3.8) is 0 Å². The molecule has 0 spiro atoms. The van der Waals surface area contributed by atoms with Crippen LogP contribution in [-0.2, 0) is 11.2 Å². The van der Waals surface area contributed by atoms with Gasteiger partial charge in [-0.2, -0.15) is 5.10 Å². The molecule has 182 valence electrons. The fourth-order valence-corrected chi connectivity index (χ4v) is 4.74. The summed E-state index contributed by atoms with van der Waals surface area (Å²) < 4.78 is 11.2. The quantitative estimate of drug-likeness (QED) is 0.651. The van der Waals surface area contributed by atoms with Crippen LogP contribution in [0.2, 0.25) is 0 Å². The van der Waals surface area contributed by atoms with Crippen molar-refractivity contribution in [2.45, 2.75) is 39.2 Å². The van der Waals surface area contributed by atoms with Gasteiger partial charge >= 0.3 is 0 Å². The van der Waals surface area contributed by atoms with Gasteiger partial charge in [-0.3, -0.25) is 4.79 Å². The average Bonchev–Trinajstić information content (AvgIpc) is 3.04. The van der Waals surface area contributed by atoms with Crippen molar-refractivity contribution in [1.82, 2.24) is 9.91 Å². The Morgan fingerprint density at radius 1 is 1.00 bits per heavy atom. The van der Waals surface area contributed by atoms with E-state index in [1.54, 1.807) is 19.2 Å². The Kier molecular flexibility index (Phi) is 7.41. The van der Waals surface area contributed by atoms with Crippen LogP contribution in [0.15, 0.2) is 41.5 Å². The summed E-state index contributed by atoms with van der Waals surface area (Å²) in [7, 11) is 5.46. The molecule has 0 aliphatic carbocycles. The lowest BCUT2D eigenvalue weighted by molar-refractivity contribution is -0.133. The molecule has 1 atom stereocenters. The van der Waals surface area contributed by atoms with Crippen LogP contribution >= 0.6 is 0 Å². The molecule has 34 heavy (non-hydrogen) atoms. The maximum atomic E-state index is 12.9. The van der Waals surface area contributed by atoms with Gasteiger partial charge in [-0.25, -0.2) is 5.01 Å². The number of nitrogens with zero attached hydrogens (tertiary/aromatic N) is 4. The van der Waals surface area contributed by atoms with Crippen molar-refractivity contribution in [3.05, 3.63) is 53.1 Å². The zero-order valence-corrected chi connectivity index (χ0v) is 21.0. The molecule has 2 aromatic carbocycles. The third kappa shape index (κ3) is 4.75. The first-order valence-corrected chi connectivity index (χ1v) is 12.2. The van der Waals surface area contributed by atoms with Gasteiger partial charge in [-0.15, -0.1) is 0 Å². The van der Waals surface area contributed by atoms with Crippen molar-refractivity contribution in [2.75, 3.05) is 52.3 Å². The van der Waals surface area contributed by atoms with E-state index in [-0.39, 0.29) is 11.9 Å². The number of hydrogen-bond donors (Lipinski definition) is 0. The number of benzene rings is 2. The Morgan fingerprint density at radius 3 is 2.24 bits per heavy atom. The van der Waals surface area contributed by atoms with E-state index in [1.165, 1.54) is 5.69 Å². The molecule has 7 heteroatoms. The number of carbonyl (C=O) groups excluding carboxylic acids is 1. The summed E-state index contributed by atoms with van der Waals surface area (Å²) in [6.07, 6.45) is 1.95. The van der Waals surface area contributed by atoms with E-state index in [0.29, 0.717) is 24.3 Å². The molecular weight excluding hydrogens is 428 g/mol. The van der Waals surface area contributed by atoms with Crippen molar-refractivity contribution in [1.29, 1.82) is 0 Å². The number of rotatable bonds is 6. The maximum Gasteiger partial charge on any atom is 0.242 e. The molecule has 2 aliphatic rings. The van der Waals surface area contributed by atoms with Gasteiger partial charge in [0.05, 0.1) is 26.0 Å². The van der Waals surface area contributed by atoms with Gasteiger partial charge in [0, 0.05) is 49.4 Å². The number of piperazine rings is 1. The topological polar surface area (TPSA) is 57.6 Å². The Labute approximate surface area is 202 Å². The SMILES string of the molecule is CCC(=O)N1N=C(c2ccc(N3CCN(C)CC3)cc2)c2cc(OC)c(OC)cc2C[C@@H]1CC. The minimum absolute atomic E-state index is 0.00795. The molecule has 0 bridgehead atoms. The van der Waals surface area contributed by atoms with Gasteiger partial charge in [0.25, 0.3) is 0 Å². The Hall–Kier alpha value is -3.06. The summed E-state index contributed by atoms with van der Waals surface area (Å²) in [5, 5.41) is 6.67. The molecule has 0 N–H and O–H groups in total. The standard InChI is InChI=1S/C27H36N4O3/c1-6-21-16-20-17-24(33-4)25(34-5)18-23(20)27(28-31(21)26(32)7-2)19-8-10-22(11-9-19)30-14-12-29(3)13-15-30/h8-11,17-18,21H,6-7,12-16H2,1-5H3/t21-/m0/s1. The van der Waals surface area contributed by atoms with E-state index < -0.39 is 0 Å². The second-order valence-corrected chi connectivity index (χ2v) is 9.01. The van der Waals surface area contributed by atoms with Crippen LogP contribution in [0, 0.1) is 0 Å². The highest BCUT2D eigenvalue weighted by Gasteiger charge is 2.29. The predicted molar refractivity (Wildman–Crippen MR) is 136 cm³/mol. The summed E-state index contributed by atoms with van der Waals surface area (Å²) in [4.78, 5) is 17.7. The van der Waals surface area contributed by atoms with E-state index in [0.717, 1.165) is 55.0 Å². The normalized spacial score (nSPS) is 18.7. The number of hydrazone groups is 1. The number of likely N-dealkylation sites (N-methyl/N-ethyl adjacent to an activating group) is 1.